The minimum atomic E-state index is -0.340. The lowest BCUT2D eigenvalue weighted by Gasteiger charge is -2.05. The largest absolute Gasteiger partial charge is 0.423 e. The Labute approximate surface area is 108 Å². The van der Waals surface area contributed by atoms with Crippen molar-refractivity contribution >= 4 is 21.9 Å². The average Bonchev–Trinajstić information content (AvgIpc) is 2.35. The highest BCUT2D eigenvalue weighted by Gasteiger charge is 2.08. The topological polar surface area (TPSA) is 26.3 Å². The molecule has 0 saturated heterocycles. The van der Waals surface area contributed by atoms with Crippen LogP contribution in [0.1, 0.15) is 15.9 Å². The Bertz CT molecular complexity index is 535. The maximum absolute atomic E-state index is 11.8. The van der Waals surface area contributed by atoms with E-state index in [0.29, 0.717) is 11.3 Å². The number of benzene rings is 2. The van der Waals surface area contributed by atoms with Gasteiger partial charge < -0.3 is 4.74 Å². The highest BCUT2D eigenvalue weighted by Crippen LogP contribution is 2.22. The van der Waals surface area contributed by atoms with Crippen LogP contribution >= 0.6 is 15.9 Å². The first-order chi connectivity index (χ1) is 8.16. The summed E-state index contributed by atoms with van der Waals surface area (Å²) in [6.07, 6.45) is 0. The molecule has 0 spiro atoms. The molecule has 2 rings (SSSR count). The van der Waals surface area contributed by atoms with Crippen LogP contribution in [0.5, 0.6) is 5.75 Å². The Morgan fingerprint density at radius 1 is 1.12 bits per heavy atom. The number of carbonyl (C=O) groups is 1. The smallest absolute Gasteiger partial charge is 0.343 e. The molecular weight excluding hydrogens is 280 g/mol. The number of esters is 1. The van der Waals surface area contributed by atoms with E-state index in [0.717, 1.165) is 10.0 Å². The SMILES string of the molecule is Cc1cc(OC(=O)c2ccccc2)ccc1Br. The summed E-state index contributed by atoms with van der Waals surface area (Å²) in [5.74, 6) is 0.215. The first-order valence-corrected chi connectivity index (χ1v) is 5.99. The number of hydrogen-bond acceptors (Lipinski definition) is 2. The Morgan fingerprint density at radius 2 is 1.82 bits per heavy atom. The lowest BCUT2D eigenvalue weighted by atomic mass is 10.2. The number of rotatable bonds is 2. The predicted molar refractivity (Wildman–Crippen MR) is 70.3 cm³/mol. The Balaban J connectivity index is 2.16. The molecule has 2 aromatic carbocycles. The van der Waals surface area contributed by atoms with Crippen molar-refractivity contribution in [1.82, 2.24) is 0 Å². The monoisotopic (exact) mass is 290 g/mol. The summed E-state index contributed by atoms with van der Waals surface area (Å²) in [6.45, 7) is 1.95. The molecule has 0 radical (unpaired) electrons. The molecule has 0 amide bonds. The molecule has 2 aromatic rings. The molecule has 0 aliphatic heterocycles. The molecule has 0 saturated carbocycles. The highest BCUT2D eigenvalue weighted by atomic mass is 79.9. The second kappa shape index (κ2) is 5.15. The number of ether oxygens (including phenoxy) is 1. The normalized spacial score (nSPS) is 10.0. The summed E-state index contributed by atoms with van der Waals surface area (Å²) in [6, 6.07) is 14.4. The molecule has 3 heteroatoms. The summed E-state index contributed by atoms with van der Waals surface area (Å²) in [5, 5.41) is 0. The van der Waals surface area contributed by atoms with Crippen molar-refractivity contribution in [2.75, 3.05) is 0 Å². The van der Waals surface area contributed by atoms with Crippen LogP contribution in [0.2, 0.25) is 0 Å². The van der Waals surface area contributed by atoms with Crippen LogP contribution in [-0.2, 0) is 0 Å². The minimum absolute atomic E-state index is 0.340. The number of halogens is 1. The molecule has 0 aliphatic carbocycles. The van der Waals surface area contributed by atoms with Gasteiger partial charge in [-0.15, -0.1) is 0 Å². The van der Waals surface area contributed by atoms with Crippen LogP contribution in [0.3, 0.4) is 0 Å². The van der Waals surface area contributed by atoms with Gasteiger partial charge in [-0.25, -0.2) is 4.79 Å². The van der Waals surface area contributed by atoms with Crippen molar-refractivity contribution < 1.29 is 9.53 Å². The molecule has 0 fully saturated rings. The Hall–Kier alpha value is -1.61. The number of aryl methyl sites for hydroxylation is 1. The van der Waals surface area contributed by atoms with Crippen molar-refractivity contribution in [3.05, 3.63) is 64.1 Å². The van der Waals surface area contributed by atoms with Crippen molar-refractivity contribution in [3.8, 4) is 5.75 Å². The van der Waals surface area contributed by atoms with Crippen molar-refractivity contribution in [2.45, 2.75) is 6.92 Å². The Kier molecular flexibility index (Phi) is 3.59. The molecule has 86 valence electrons. The molecule has 0 aromatic heterocycles. The third-order valence-electron chi connectivity index (χ3n) is 2.35. The zero-order valence-electron chi connectivity index (χ0n) is 9.31. The van der Waals surface area contributed by atoms with E-state index in [9.17, 15) is 4.79 Å². The summed E-state index contributed by atoms with van der Waals surface area (Å²) in [5.41, 5.74) is 1.58. The molecule has 17 heavy (non-hydrogen) atoms. The van der Waals surface area contributed by atoms with E-state index in [1.165, 1.54) is 0 Å². The van der Waals surface area contributed by atoms with E-state index in [1.807, 2.05) is 37.3 Å². The average molecular weight is 291 g/mol. The molecular formula is C14H11BrO2. The van der Waals surface area contributed by atoms with Gasteiger partial charge in [-0.05, 0) is 42.8 Å². The van der Waals surface area contributed by atoms with Gasteiger partial charge in [0.25, 0.3) is 0 Å². The van der Waals surface area contributed by atoms with E-state index in [-0.39, 0.29) is 5.97 Å². The van der Waals surface area contributed by atoms with Gasteiger partial charge in [0.2, 0.25) is 0 Å². The zero-order valence-corrected chi connectivity index (χ0v) is 10.9. The van der Waals surface area contributed by atoms with E-state index in [4.69, 9.17) is 4.74 Å². The molecule has 0 N–H and O–H groups in total. The van der Waals surface area contributed by atoms with Crippen LogP contribution in [0, 0.1) is 6.92 Å². The second-order valence-electron chi connectivity index (χ2n) is 3.67. The minimum Gasteiger partial charge on any atom is -0.423 e. The fraction of sp³-hybridized carbons (Fsp3) is 0.0714. The molecule has 2 nitrogen and oxygen atoms in total. The van der Waals surface area contributed by atoms with Crippen LogP contribution in [-0.4, -0.2) is 5.97 Å². The highest BCUT2D eigenvalue weighted by molar-refractivity contribution is 9.10. The van der Waals surface area contributed by atoms with Gasteiger partial charge >= 0.3 is 5.97 Å². The van der Waals surface area contributed by atoms with Gasteiger partial charge in [-0.3, -0.25) is 0 Å². The summed E-state index contributed by atoms with van der Waals surface area (Å²) < 4.78 is 6.27. The maximum Gasteiger partial charge on any atom is 0.343 e. The fourth-order valence-corrected chi connectivity index (χ4v) is 1.67. The quantitative estimate of drug-likeness (QED) is 0.618. The summed E-state index contributed by atoms with van der Waals surface area (Å²) in [4.78, 5) is 11.8. The van der Waals surface area contributed by atoms with Crippen LogP contribution < -0.4 is 4.74 Å². The van der Waals surface area contributed by atoms with Gasteiger partial charge in [-0.2, -0.15) is 0 Å². The first-order valence-electron chi connectivity index (χ1n) is 5.20. The van der Waals surface area contributed by atoms with Gasteiger partial charge in [0.1, 0.15) is 5.75 Å². The molecule has 0 aliphatic rings. The van der Waals surface area contributed by atoms with Gasteiger partial charge in [0.05, 0.1) is 5.56 Å². The molecule has 0 unspecified atom stereocenters. The lowest BCUT2D eigenvalue weighted by molar-refractivity contribution is 0.0734. The van der Waals surface area contributed by atoms with E-state index in [2.05, 4.69) is 15.9 Å². The predicted octanol–water partition coefficient (Wildman–Crippen LogP) is 3.98. The van der Waals surface area contributed by atoms with Crippen molar-refractivity contribution in [3.63, 3.8) is 0 Å². The maximum atomic E-state index is 11.8. The zero-order chi connectivity index (χ0) is 12.3. The van der Waals surface area contributed by atoms with Gasteiger partial charge in [-0.1, -0.05) is 34.1 Å². The van der Waals surface area contributed by atoms with Gasteiger partial charge in [0.15, 0.2) is 0 Å². The van der Waals surface area contributed by atoms with E-state index < -0.39 is 0 Å². The van der Waals surface area contributed by atoms with Gasteiger partial charge in [0, 0.05) is 4.47 Å². The summed E-state index contributed by atoms with van der Waals surface area (Å²) in [7, 11) is 0. The van der Waals surface area contributed by atoms with Crippen molar-refractivity contribution in [1.29, 1.82) is 0 Å². The molecule has 0 heterocycles. The fourth-order valence-electron chi connectivity index (χ4n) is 1.42. The molecule has 0 atom stereocenters. The third-order valence-corrected chi connectivity index (χ3v) is 3.24. The van der Waals surface area contributed by atoms with E-state index >= 15 is 0 Å². The number of carbonyl (C=O) groups excluding carboxylic acids is 1. The van der Waals surface area contributed by atoms with Crippen LogP contribution in [0.4, 0.5) is 0 Å². The first kappa shape index (κ1) is 11.9. The number of hydrogen-bond donors (Lipinski definition) is 0. The summed E-state index contributed by atoms with van der Waals surface area (Å²) >= 11 is 3.40. The molecule has 0 bridgehead atoms. The van der Waals surface area contributed by atoms with E-state index in [1.54, 1.807) is 18.2 Å². The van der Waals surface area contributed by atoms with Crippen LogP contribution in [0.25, 0.3) is 0 Å². The third kappa shape index (κ3) is 2.94. The lowest BCUT2D eigenvalue weighted by Crippen LogP contribution is -2.08. The standard InChI is InChI=1S/C14H11BrO2/c1-10-9-12(7-8-13(10)15)17-14(16)11-5-3-2-4-6-11/h2-9H,1H3. The van der Waals surface area contributed by atoms with Crippen molar-refractivity contribution in [2.24, 2.45) is 0 Å². The Morgan fingerprint density at radius 3 is 2.47 bits per heavy atom. The van der Waals surface area contributed by atoms with Crippen LogP contribution in [0.15, 0.2) is 53.0 Å². The second-order valence-corrected chi connectivity index (χ2v) is 4.52.